The summed E-state index contributed by atoms with van der Waals surface area (Å²) >= 11 is 1.69. The number of carbonyl (C=O) groups is 1. The highest BCUT2D eigenvalue weighted by atomic mass is 32.1. The molecule has 1 saturated heterocycles. The zero-order chi connectivity index (χ0) is 14.7. The molecule has 0 spiro atoms. The number of thiazole rings is 1. The zero-order valence-electron chi connectivity index (χ0n) is 12.5. The first-order chi connectivity index (χ1) is 9.56. The second-order valence-corrected chi connectivity index (χ2v) is 6.41. The molecule has 2 rings (SSSR count). The highest BCUT2D eigenvalue weighted by Crippen LogP contribution is 2.37. The molecule has 0 aliphatic carbocycles. The molecule has 1 aromatic rings. The van der Waals surface area contributed by atoms with Gasteiger partial charge in [0.1, 0.15) is 0 Å². The maximum absolute atomic E-state index is 12.0. The van der Waals surface area contributed by atoms with Crippen molar-refractivity contribution >= 4 is 17.3 Å². The predicted octanol–water partition coefficient (Wildman–Crippen LogP) is 1.59. The monoisotopic (exact) mass is 298 g/mol. The minimum absolute atomic E-state index is 0.101. The van der Waals surface area contributed by atoms with Crippen LogP contribution in [0.5, 0.6) is 0 Å². The molecule has 0 radical (unpaired) electrons. The topological polar surface area (TPSA) is 51.7 Å². The van der Waals surface area contributed by atoms with Gasteiger partial charge in [-0.25, -0.2) is 4.98 Å². The summed E-state index contributed by atoms with van der Waals surface area (Å²) in [6, 6.07) is 0. The summed E-state index contributed by atoms with van der Waals surface area (Å²) in [5.41, 5.74) is 1.04. The fourth-order valence-electron chi connectivity index (χ4n) is 2.84. The lowest BCUT2D eigenvalue weighted by Gasteiger charge is -2.15. The first-order valence-corrected chi connectivity index (χ1v) is 7.61. The lowest BCUT2D eigenvalue weighted by atomic mass is 9.94. The lowest BCUT2D eigenvalue weighted by Crippen LogP contribution is -2.27. The summed E-state index contributed by atoms with van der Waals surface area (Å²) in [7, 11) is 3.16. The largest absolute Gasteiger partial charge is 0.469 e. The molecule has 0 aromatic carbocycles. The van der Waals surface area contributed by atoms with Gasteiger partial charge in [-0.05, 0) is 13.8 Å². The molecule has 2 heterocycles. The molecular formula is C14H22N2O3S. The molecule has 0 amide bonds. The van der Waals surface area contributed by atoms with Crippen molar-refractivity contribution in [3.63, 3.8) is 0 Å². The molecule has 112 valence electrons. The Bertz CT molecular complexity index is 475. The van der Waals surface area contributed by atoms with E-state index in [2.05, 4.69) is 9.88 Å². The number of nitrogens with zero attached hydrogens (tertiary/aromatic N) is 2. The quantitative estimate of drug-likeness (QED) is 0.773. The first-order valence-electron chi connectivity index (χ1n) is 6.79. The average molecular weight is 298 g/mol. The smallest absolute Gasteiger partial charge is 0.310 e. The van der Waals surface area contributed by atoms with Gasteiger partial charge < -0.3 is 9.47 Å². The Morgan fingerprint density at radius 1 is 1.40 bits per heavy atom. The Hall–Kier alpha value is -0.980. The van der Waals surface area contributed by atoms with Crippen molar-refractivity contribution in [3.05, 3.63) is 15.6 Å². The molecule has 20 heavy (non-hydrogen) atoms. The maximum atomic E-state index is 12.0. The molecular weight excluding hydrogens is 276 g/mol. The van der Waals surface area contributed by atoms with Crippen LogP contribution in [0.2, 0.25) is 0 Å². The number of hydrogen-bond acceptors (Lipinski definition) is 6. The summed E-state index contributed by atoms with van der Waals surface area (Å²) in [5, 5.41) is 1.05. The number of hydrogen-bond donors (Lipinski definition) is 0. The summed E-state index contributed by atoms with van der Waals surface area (Å²) in [6.07, 6.45) is 0. The van der Waals surface area contributed by atoms with Crippen molar-refractivity contribution in [2.45, 2.75) is 19.8 Å². The van der Waals surface area contributed by atoms with Gasteiger partial charge in [0.25, 0.3) is 0 Å². The number of likely N-dealkylation sites (tertiary alicyclic amines) is 1. The lowest BCUT2D eigenvalue weighted by molar-refractivity contribution is -0.145. The molecule has 0 N–H and O–H groups in total. The van der Waals surface area contributed by atoms with Gasteiger partial charge in [-0.3, -0.25) is 9.69 Å². The van der Waals surface area contributed by atoms with Gasteiger partial charge in [0.05, 0.1) is 30.3 Å². The Balaban J connectivity index is 2.19. The second-order valence-electron chi connectivity index (χ2n) is 5.17. The standard InChI is InChI=1S/C14H22N2O3S/c1-9-13(20-10(2)15-9)11-7-16(5-6-18-3)8-12(11)14(17)19-4/h11-12H,5-8H2,1-4H3. The van der Waals surface area contributed by atoms with Gasteiger partial charge in [0, 0.05) is 37.5 Å². The van der Waals surface area contributed by atoms with Crippen LogP contribution in [0.15, 0.2) is 0 Å². The van der Waals surface area contributed by atoms with E-state index in [1.807, 2.05) is 13.8 Å². The van der Waals surface area contributed by atoms with E-state index in [1.165, 1.54) is 12.0 Å². The van der Waals surface area contributed by atoms with Crippen LogP contribution < -0.4 is 0 Å². The van der Waals surface area contributed by atoms with E-state index in [0.29, 0.717) is 6.61 Å². The normalized spacial score (nSPS) is 23.2. The minimum atomic E-state index is -0.125. The van der Waals surface area contributed by atoms with Crippen molar-refractivity contribution in [2.75, 3.05) is 40.5 Å². The van der Waals surface area contributed by atoms with Crippen molar-refractivity contribution < 1.29 is 14.3 Å². The highest BCUT2D eigenvalue weighted by molar-refractivity contribution is 7.11. The van der Waals surface area contributed by atoms with Gasteiger partial charge in [0.15, 0.2) is 0 Å². The molecule has 2 unspecified atom stereocenters. The maximum Gasteiger partial charge on any atom is 0.310 e. The average Bonchev–Trinajstić information content (AvgIpc) is 2.98. The van der Waals surface area contributed by atoms with Gasteiger partial charge in [-0.2, -0.15) is 0 Å². The molecule has 1 aliphatic heterocycles. The third-order valence-corrected chi connectivity index (χ3v) is 4.99. The van der Waals surface area contributed by atoms with E-state index in [-0.39, 0.29) is 17.8 Å². The van der Waals surface area contributed by atoms with E-state index >= 15 is 0 Å². The Morgan fingerprint density at radius 3 is 2.70 bits per heavy atom. The Morgan fingerprint density at radius 2 is 2.15 bits per heavy atom. The molecule has 1 aliphatic rings. The van der Waals surface area contributed by atoms with Crippen LogP contribution in [0.4, 0.5) is 0 Å². The van der Waals surface area contributed by atoms with Crippen LogP contribution in [0, 0.1) is 19.8 Å². The van der Waals surface area contributed by atoms with Crippen molar-refractivity contribution in [1.29, 1.82) is 0 Å². The van der Waals surface area contributed by atoms with Crippen LogP contribution in [0.25, 0.3) is 0 Å². The third-order valence-electron chi connectivity index (χ3n) is 3.79. The van der Waals surface area contributed by atoms with E-state index in [4.69, 9.17) is 9.47 Å². The van der Waals surface area contributed by atoms with Crippen LogP contribution in [0.3, 0.4) is 0 Å². The summed E-state index contributed by atoms with van der Waals surface area (Å²) in [4.78, 5) is 20.0. The van der Waals surface area contributed by atoms with E-state index in [1.54, 1.807) is 18.4 Å². The molecule has 1 fully saturated rings. The molecule has 6 heteroatoms. The summed E-state index contributed by atoms with van der Waals surface area (Å²) in [6.45, 7) is 7.15. The summed E-state index contributed by atoms with van der Waals surface area (Å²) < 4.78 is 10.1. The van der Waals surface area contributed by atoms with Crippen LogP contribution in [0.1, 0.15) is 21.5 Å². The van der Waals surface area contributed by atoms with E-state index < -0.39 is 0 Å². The van der Waals surface area contributed by atoms with Crippen LogP contribution >= 0.6 is 11.3 Å². The number of carbonyl (C=O) groups excluding carboxylic acids is 1. The van der Waals surface area contributed by atoms with E-state index in [9.17, 15) is 4.79 Å². The van der Waals surface area contributed by atoms with Crippen molar-refractivity contribution in [2.24, 2.45) is 5.92 Å². The SMILES string of the molecule is COCCN1CC(C(=O)OC)C(c2sc(C)nc2C)C1. The van der Waals surface area contributed by atoms with Gasteiger partial charge in [-0.15, -0.1) is 11.3 Å². The fourth-order valence-corrected chi connectivity index (χ4v) is 3.92. The van der Waals surface area contributed by atoms with Crippen molar-refractivity contribution in [1.82, 2.24) is 9.88 Å². The fraction of sp³-hybridized carbons (Fsp3) is 0.714. The first kappa shape index (κ1) is 15.4. The molecule has 2 atom stereocenters. The number of aryl methyl sites for hydroxylation is 2. The van der Waals surface area contributed by atoms with Crippen LogP contribution in [-0.4, -0.2) is 56.3 Å². The van der Waals surface area contributed by atoms with Crippen molar-refractivity contribution in [3.8, 4) is 0 Å². The van der Waals surface area contributed by atoms with Gasteiger partial charge in [0.2, 0.25) is 0 Å². The number of aromatic nitrogens is 1. The molecule has 1 aromatic heterocycles. The number of rotatable bonds is 5. The Labute approximate surface area is 123 Å². The minimum Gasteiger partial charge on any atom is -0.469 e. The van der Waals surface area contributed by atoms with E-state index in [0.717, 1.165) is 30.3 Å². The molecule has 5 nitrogen and oxygen atoms in total. The number of methoxy groups -OCH3 is 2. The predicted molar refractivity (Wildman–Crippen MR) is 78.2 cm³/mol. The van der Waals surface area contributed by atoms with Crippen LogP contribution in [-0.2, 0) is 14.3 Å². The highest BCUT2D eigenvalue weighted by Gasteiger charge is 2.40. The molecule has 0 saturated carbocycles. The summed E-state index contributed by atoms with van der Waals surface area (Å²) in [5.74, 6) is -0.0405. The van der Waals surface area contributed by atoms with Gasteiger partial charge >= 0.3 is 5.97 Å². The van der Waals surface area contributed by atoms with Gasteiger partial charge in [-0.1, -0.05) is 0 Å². The number of ether oxygens (including phenoxy) is 2. The zero-order valence-corrected chi connectivity index (χ0v) is 13.3. The Kier molecular flexibility index (Phi) is 5.12. The number of esters is 1. The molecule has 0 bridgehead atoms. The third kappa shape index (κ3) is 3.19. The second kappa shape index (κ2) is 6.65.